The molecule has 0 aliphatic heterocycles. The molecule has 8 nitrogen and oxygen atoms in total. The summed E-state index contributed by atoms with van der Waals surface area (Å²) in [5, 5.41) is 17.9. The maximum atomic E-state index is 13.2. The Kier molecular flexibility index (Phi) is 9.61. The second-order valence-electron chi connectivity index (χ2n) is 8.76. The molecule has 0 unspecified atom stereocenters. The molecule has 0 saturated carbocycles. The molecule has 0 atom stereocenters. The third-order valence-corrected chi connectivity index (χ3v) is 6.14. The second kappa shape index (κ2) is 13.5. The first kappa shape index (κ1) is 27.8. The fraction of sp³-hybridized carbons (Fsp3) is 0.200. The minimum Gasteiger partial charge on any atom is -0.506 e. The number of hydrogen-bond donors (Lipinski definition) is 4. The van der Waals surface area contributed by atoms with Crippen LogP contribution in [0.4, 0.5) is 5.69 Å². The zero-order chi connectivity index (χ0) is 27.6. The predicted octanol–water partition coefficient (Wildman–Crippen LogP) is 5.38. The number of ether oxygens (including phenoxy) is 2. The molecule has 9 heteroatoms. The zero-order valence-electron chi connectivity index (χ0n) is 21.3. The number of phenolic OH excluding ortho intramolecular Hbond substituents is 1. The molecule has 0 fully saturated rings. The lowest BCUT2D eigenvalue weighted by molar-refractivity contribution is 0.0947. The SMILES string of the molecule is NCCCOc1ccccc1C(=O)NCCCOc1cc2ccccc2cc1C(=O)Nc1ccc(Cl)cc1O. The number of rotatable bonds is 12. The van der Waals surface area contributed by atoms with E-state index in [1.54, 1.807) is 36.4 Å². The summed E-state index contributed by atoms with van der Waals surface area (Å²) < 4.78 is 11.7. The van der Waals surface area contributed by atoms with Crippen molar-refractivity contribution in [2.24, 2.45) is 5.73 Å². The summed E-state index contributed by atoms with van der Waals surface area (Å²) in [6.45, 7) is 1.58. The minimum atomic E-state index is -0.437. The lowest BCUT2D eigenvalue weighted by Crippen LogP contribution is -2.26. The van der Waals surface area contributed by atoms with Crippen LogP contribution in [0.3, 0.4) is 0 Å². The van der Waals surface area contributed by atoms with E-state index in [1.807, 2.05) is 30.3 Å². The van der Waals surface area contributed by atoms with Gasteiger partial charge in [-0.3, -0.25) is 9.59 Å². The number of para-hydroxylation sites is 1. The highest BCUT2D eigenvalue weighted by atomic mass is 35.5. The lowest BCUT2D eigenvalue weighted by Gasteiger charge is -2.15. The van der Waals surface area contributed by atoms with Crippen molar-refractivity contribution in [2.45, 2.75) is 12.8 Å². The predicted molar refractivity (Wildman–Crippen MR) is 153 cm³/mol. The van der Waals surface area contributed by atoms with Gasteiger partial charge in [-0.15, -0.1) is 0 Å². The van der Waals surface area contributed by atoms with Crippen LogP contribution in [0.15, 0.2) is 78.9 Å². The van der Waals surface area contributed by atoms with Gasteiger partial charge < -0.3 is 30.9 Å². The number of phenols is 1. The van der Waals surface area contributed by atoms with Crippen molar-refractivity contribution in [1.29, 1.82) is 0 Å². The molecule has 0 heterocycles. The number of amides is 2. The quantitative estimate of drug-likeness (QED) is 0.139. The number of aromatic hydroxyl groups is 1. The Hall–Kier alpha value is -4.27. The molecular weight excluding hydrogens is 518 g/mol. The van der Waals surface area contributed by atoms with Gasteiger partial charge in [-0.25, -0.2) is 0 Å². The molecular formula is C30H30ClN3O5. The first-order valence-electron chi connectivity index (χ1n) is 12.6. The topological polar surface area (TPSA) is 123 Å². The number of halogens is 1. The van der Waals surface area contributed by atoms with Crippen LogP contribution >= 0.6 is 11.6 Å². The first-order valence-corrected chi connectivity index (χ1v) is 13.0. The van der Waals surface area contributed by atoms with Crippen LogP contribution in [-0.4, -0.2) is 43.2 Å². The Balaban J connectivity index is 1.39. The van der Waals surface area contributed by atoms with Gasteiger partial charge in [0, 0.05) is 17.6 Å². The Labute approximate surface area is 231 Å². The Morgan fingerprint density at radius 3 is 2.26 bits per heavy atom. The van der Waals surface area contributed by atoms with Crippen molar-refractivity contribution in [3.05, 3.63) is 95.0 Å². The van der Waals surface area contributed by atoms with Crippen LogP contribution in [0.5, 0.6) is 17.2 Å². The van der Waals surface area contributed by atoms with E-state index < -0.39 is 5.91 Å². The van der Waals surface area contributed by atoms with Crippen molar-refractivity contribution < 1.29 is 24.2 Å². The Morgan fingerprint density at radius 1 is 0.795 bits per heavy atom. The average Bonchev–Trinajstić information content (AvgIpc) is 2.94. The fourth-order valence-electron chi connectivity index (χ4n) is 3.91. The van der Waals surface area contributed by atoms with Gasteiger partial charge in [-0.1, -0.05) is 48.0 Å². The maximum Gasteiger partial charge on any atom is 0.259 e. The van der Waals surface area contributed by atoms with Crippen molar-refractivity contribution in [1.82, 2.24) is 5.32 Å². The molecule has 4 aromatic carbocycles. The standard InChI is InChI=1S/C30H30ClN3O5/c31-22-11-12-25(26(35)19-22)34-30(37)24-17-20-7-1-2-8-21(20)18-28(24)39-16-6-14-33-29(36)23-9-3-4-10-27(23)38-15-5-13-32/h1-4,7-12,17-19,35H,5-6,13-16,32H2,(H,33,36)(H,34,37). The fourth-order valence-corrected chi connectivity index (χ4v) is 4.08. The Morgan fingerprint density at radius 2 is 1.49 bits per heavy atom. The monoisotopic (exact) mass is 547 g/mol. The van der Waals surface area contributed by atoms with Gasteiger partial charge >= 0.3 is 0 Å². The van der Waals surface area contributed by atoms with Gasteiger partial charge in [-0.2, -0.15) is 0 Å². The molecule has 0 aromatic heterocycles. The third-order valence-electron chi connectivity index (χ3n) is 5.90. The average molecular weight is 548 g/mol. The highest BCUT2D eigenvalue weighted by molar-refractivity contribution is 6.30. The highest BCUT2D eigenvalue weighted by Crippen LogP contribution is 2.30. The van der Waals surface area contributed by atoms with E-state index >= 15 is 0 Å². The molecule has 0 saturated heterocycles. The molecule has 0 aliphatic rings. The molecule has 0 aliphatic carbocycles. The summed E-state index contributed by atoms with van der Waals surface area (Å²) in [7, 11) is 0. The molecule has 202 valence electrons. The minimum absolute atomic E-state index is 0.138. The maximum absolute atomic E-state index is 13.2. The summed E-state index contributed by atoms with van der Waals surface area (Å²) in [5.41, 5.74) is 6.52. The molecule has 0 bridgehead atoms. The number of anilines is 1. The summed E-state index contributed by atoms with van der Waals surface area (Å²) >= 11 is 5.90. The molecule has 39 heavy (non-hydrogen) atoms. The van der Waals surface area contributed by atoms with Crippen molar-refractivity contribution in [2.75, 3.05) is 31.6 Å². The van der Waals surface area contributed by atoms with Gasteiger partial charge in [0.15, 0.2) is 0 Å². The molecule has 2 amide bonds. The largest absolute Gasteiger partial charge is 0.506 e. The molecule has 4 rings (SSSR count). The van der Waals surface area contributed by atoms with E-state index in [4.69, 9.17) is 26.8 Å². The molecule has 5 N–H and O–H groups in total. The third kappa shape index (κ3) is 7.40. The van der Waals surface area contributed by atoms with Gasteiger partial charge in [0.2, 0.25) is 0 Å². The summed E-state index contributed by atoms with van der Waals surface area (Å²) in [4.78, 5) is 25.9. The highest BCUT2D eigenvalue weighted by Gasteiger charge is 2.17. The second-order valence-corrected chi connectivity index (χ2v) is 9.19. The summed E-state index contributed by atoms with van der Waals surface area (Å²) in [6, 6.07) is 22.7. The van der Waals surface area contributed by atoms with Crippen molar-refractivity contribution in [3.63, 3.8) is 0 Å². The lowest BCUT2D eigenvalue weighted by atomic mass is 10.0. The zero-order valence-corrected chi connectivity index (χ0v) is 22.0. The van der Waals surface area contributed by atoms with Crippen LogP contribution in [0.1, 0.15) is 33.6 Å². The molecule has 0 radical (unpaired) electrons. The molecule has 0 spiro atoms. The number of carbonyl (C=O) groups is 2. The summed E-state index contributed by atoms with van der Waals surface area (Å²) in [5.74, 6) is 0.0869. The van der Waals surface area contributed by atoms with E-state index in [1.165, 1.54) is 12.1 Å². The van der Waals surface area contributed by atoms with E-state index in [0.717, 1.165) is 10.8 Å². The van der Waals surface area contributed by atoms with E-state index in [-0.39, 0.29) is 24.0 Å². The molecule has 4 aromatic rings. The van der Waals surface area contributed by atoms with Crippen LogP contribution in [-0.2, 0) is 0 Å². The smallest absolute Gasteiger partial charge is 0.259 e. The van der Waals surface area contributed by atoms with Crippen LogP contribution in [0.2, 0.25) is 5.02 Å². The van der Waals surface area contributed by atoms with E-state index in [9.17, 15) is 14.7 Å². The number of fused-ring (bicyclic) bond motifs is 1. The van der Waals surface area contributed by atoms with Crippen molar-refractivity contribution in [3.8, 4) is 17.2 Å². The van der Waals surface area contributed by atoms with Gasteiger partial charge in [0.1, 0.15) is 17.2 Å². The number of nitrogens with one attached hydrogen (secondary N) is 2. The number of nitrogens with two attached hydrogens (primary N) is 1. The van der Waals surface area contributed by atoms with E-state index in [2.05, 4.69) is 10.6 Å². The van der Waals surface area contributed by atoms with E-state index in [0.29, 0.717) is 60.2 Å². The normalized spacial score (nSPS) is 10.7. The first-order chi connectivity index (χ1) is 19.0. The number of hydrogen-bond acceptors (Lipinski definition) is 6. The number of carbonyl (C=O) groups excluding carboxylic acids is 2. The van der Waals surface area contributed by atoms with Crippen LogP contribution in [0.25, 0.3) is 10.8 Å². The van der Waals surface area contributed by atoms with Gasteiger partial charge in [-0.05, 0) is 66.6 Å². The van der Waals surface area contributed by atoms with Crippen LogP contribution in [0, 0.1) is 0 Å². The van der Waals surface area contributed by atoms with Gasteiger partial charge in [0.25, 0.3) is 11.8 Å². The van der Waals surface area contributed by atoms with Crippen LogP contribution < -0.4 is 25.8 Å². The summed E-state index contributed by atoms with van der Waals surface area (Å²) in [6.07, 6.45) is 1.21. The number of benzene rings is 4. The Bertz CT molecular complexity index is 1460. The van der Waals surface area contributed by atoms with Crippen molar-refractivity contribution >= 4 is 39.9 Å². The van der Waals surface area contributed by atoms with Gasteiger partial charge in [0.05, 0.1) is 30.0 Å².